The minimum atomic E-state index is -0.461. The summed E-state index contributed by atoms with van der Waals surface area (Å²) >= 11 is 0. The zero-order valence-electron chi connectivity index (χ0n) is 14.2. The minimum Gasteiger partial charge on any atom is -0.444 e. The molecule has 0 aromatic heterocycles. The average molecular weight is 316 g/mol. The second kappa shape index (κ2) is 6.49. The molecule has 125 valence electrons. The van der Waals surface area contributed by atoms with Crippen molar-refractivity contribution in [2.45, 2.75) is 44.9 Å². The van der Waals surface area contributed by atoms with Gasteiger partial charge >= 0.3 is 6.09 Å². The largest absolute Gasteiger partial charge is 0.444 e. The Labute approximate surface area is 138 Å². The van der Waals surface area contributed by atoms with Gasteiger partial charge in [0.15, 0.2) is 0 Å². The highest BCUT2D eigenvalue weighted by Crippen LogP contribution is 2.27. The van der Waals surface area contributed by atoms with Crippen LogP contribution in [0.15, 0.2) is 24.3 Å². The molecule has 0 aliphatic carbocycles. The molecule has 2 aliphatic heterocycles. The molecule has 0 spiro atoms. The van der Waals surface area contributed by atoms with Gasteiger partial charge in [-0.2, -0.15) is 0 Å². The smallest absolute Gasteiger partial charge is 0.410 e. The Balaban J connectivity index is 1.71. The first-order valence-corrected chi connectivity index (χ1v) is 8.40. The molecule has 1 fully saturated rings. The van der Waals surface area contributed by atoms with Gasteiger partial charge in [-0.3, -0.25) is 0 Å². The van der Waals surface area contributed by atoms with Crippen LogP contribution in [-0.4, -0.2) is 48.8 Å². The number of rotatable bonds is 1. The van der Waals surface area contributed by atoms with Gasteiger partial charge in [-0.05, 0) is 44.9 Å². The van der Waals surface area contributed by atoms with E-state index in [4.69, 9.17) is 10.1 Å². The van der Waals surface area contributed by atoms with E-state index in [1.54, 1.807) is 4.90 Å². The first-order valence-electron chi connectivity index (χ1n) is 8.40. The lowest BCUT2D eigenvalue weighted by Gasteiger charge is -2.39. The van der Waals surface area contributed by atoms with Gasteiger partial charge < -0.3 is 15.0 Å². The summed E-state index contributed by atoms with van der Waals surface area (Å²) in [6.07, 6.45) is 0.816. The lowest BCUT2D eigenvalue weighted by atomic mass is 9.89. The molecule has 3 rings (SSSR count). The molecular formula is C18H26N3O2. The van der Waals surface area contributed by atoms with Crippen molar-refractivity contribution in [2.75, 3.05) is 26.2 Å². The number of nitrogens with one attached hydrogen (secondary N) is 1. The summed E-state index contributed by atoms with van der Waals surface area (Å²) in [5.74, 6) is 0. The fourth-order valence-corrected chi connectivity index (χ4v) is 3.30. The third kappa shape index (κ3) is 3.85. The van der Waals surface area contributed by atoms with Crippen LogP contribution in [0.1, 0.15) is 37.9 Å². The van der Waals surface area contributed by atoms with E-state index < -0.39 is 5.60 Å². The summed E-state index contributed by atoms with van der Waals surface area (Å²) < 4.78 is 5.51. The monoisotopic (exact) mass is 316 g/mol. The number of fused-ring (bicyclic) bond motifs is 1. The number of amides is 1. The van der Waals surface area contributed by atoms with Crippen LogP contribution in [0.25, 0.3) is 0 Å². The van der Waals surface area contributed by atoms with Crippen LogP contribution in [0.3, 0.4) is 0 Å². The standard InChI is InChI=1S/C18H26N3O2/c1-18(2,3)23-17(22)21-11-10-19-15(12-21)16-14-7-5-4-6-13(14)8-9-20-16/h4-7,15-16,20H,8-12H2,1-3H3. The van der Waals surface area contributed by atoms with Gasteiger partial charge in [0, 0.05) is 19.6 Å². The first kappa shape index (κ1) is 16.3. The van der Waals surface area contributed by atoms with Crippen LogP contribution < -0.4 is 10.6 Å². The molecule has 0 saturated carbocycles. The molecule has 5 heteroatoms. The molecule has 0 bridgehead atoms. The maximum Gasteiger partial charge on any atom is 0.410 e. The van der Waals surface area contributed by atoms with Gasteiger partial charge in [0.05, 0.1) is 12.1 Å². The average Bonchev–Trinajstić information content (AvgIpc) is 2.53. The lowest BCUT2D eigenvalue weighted by Crippen LogP contribution is -2.55. The number of hydrogen-bond acceptors (Lipinski definition) is 3. The van der Waals surface area contributed by atoms with Gasteiger partial charge in [0.1, 0.15) is 5.60 Å². The van der Waals surface area contributed by atoms with E-state index in [1.807, 2.05) is 20.8 Å². The molecular weight excluding hydrogens is 290 g/mol. The molecule has 1 aromatic rings. The number of nitrogens with zero attached hydrogens (tertiary/aromatic N) is 2. The number of benzene rings is 1. The summed E-state index contributed by atoms with van der Waals surface area (Å²) in [6, 6.07) is 8.80. The van der Waals surface area contributed by atoms with Crippen LogP contribution >= 0.6 is 0 Å². The topological polar surface area (TPSA) is 55.7 Å². The quantitative estimate of drug-likeness (QED) is 0.863. The van der Waals surface area contributed by atoms with Gasteiger partial charge in [0.2, 0.25) is 0 Å². The highest BCUT2D eigenvalue weighted by molar-refractivity contribution is 5.68. The van der Waals surface area contributed by atoms with Gasteiger partial charge in [-0.1, -0.05) is 24.3 Å². The number of hydrogen-bond donors (Lipinski definition) is 1. The summed E-state index contributed by atoms with van der Waals surface area (Å²) in [4.78, 5) is 14.1. The van der Waals surface area contributed by atoms with Crippen molar-refractivity contribution >= 4 is 6.09 Å². The Hall–Kier alpha value is -1.59. The maximum atomic E-state index is 12.3. The van der Waals surface area contributed by atoms with Crippen molar-refractivity contribution in [3.63, 3.8) is 0 Å². The molecule has 2 unspecified atom stereocenters. The fraction of sp³-hybridized carbons (Fsp3) is 0.611. The third-order valence-corrected chi connectivity index (χ3v) is 4.33. The fourth-order valence-electron chi connectivity index (χ4n) is 3.30. The predicted octanol–water partition coefficient (Wildman–Crippen LogP) is 2.10. The molecule has 2 heterocycles. The molecule has 5 nitrogen and oxygen atoms in total. The van der Waals surface area contributed by atoms with Gasteiger partial charge in [0.25, 0.3) is 0 Å². The Morgan fingerprint density at radius 3 is 2.91 bits per heavy atom. The van der Waals surface area contributed by atoms with E-state index in [2.05, 4.69) is 29.6 Å². The van der Waals surface area contributed by atoms with E-state index in [9.17, 15) is 4.79 Å². The van der Waals surface area contributed by atoms with Crippen molar-refractivity contribution in [3.05, 3.63) is 35.4 Å². The summed E-state index contributed by atoms with van der Waals surface area (Å²) in [5.41, 5.74) is 2.25. The van der Waals surface area contributed by atoms with Crippen LogP contribution in [-0.2, 0) is 11.2 Å². The van der Waals surface area contributed by atoms with Crippen molar-refractivity contribution in [1.82, 2.24) is 15.5 Å². The van der Waals surface area contributed by atoms with E-state index in [1.165, 1.54) is 11.1 Å². The third-order valence-electron chi connectivity index (χ3n) is 4.33. The summed E-state index contributed by atoms with van der Waals surface area (Å²) in [6.45, 7) is 8.58. The van der Waals surface area contributed by atoms with Crippen LogP contribution in [0, 0.1) is 0 Å². The van der Waals surface area contributed by atoms with Gasteiger partial charge in [-0.15, -0.1) is 0 Å². The highest BCUT2D eigenvalue weighted by atomic mass is 16.6. The van der Waals surface area contributed by atoms with Crippen molar-refractivity contribution < 1.29 is 9.53 Å². The molecule has 1 amide bonds. The number of ether oxygens (including phenoxy) is 1. The number of piperazine rings is 1. The summed E-state index contributed by atoms with van der Waals surface area (Å²) in [5, 5.41) is 8.35. The second-order valence-corrected chi connectivity index (χ2v) is 7.28. The van der Waals surface area contributed by atoms with Crippen LogP contribution in [0.4, 0.5) is 4.79 Å². The molecule has 23 heavy (non-hydrogen) atoms. The van der Waals surface area contributed by atoms with Crippen molar-refractivity contribution in [1.29, 1.82) is 0 Å². The lowest BCUT2D eigenvalue weighted by molar-refractivity contribution is 0.0177. The van der Waals surface area contributed by atoms with Crippen molar-refractivity contribution in [3.8, 4) is 0 Å². The number of carbonyl (C=O) groups excluding carboxylic acids is 1. The van der Waals surface area contributed by atoms with Crippen LogP contribution in [0.5, 0.6) is 0 Å². The number of carbonyl (C=O) groups is 1. The van der Waals surface area contributed by atoms with E-state index in [0.29, 0.717) is 19.6 Å². The molecule has 1 aromatic carbocycles. The highest BCUT2D eigenvalue weighted by Gasteiger charge is 2.34. The zero-order chi connectivity index (χ0) is 16.4. The molecule has 2 atom stereocenters. The minimum absolute atomic E-state index is 0.0812. The molecule has 1 radical (unpaired) electrons. The van der Waals surface area contributed by atoms with Gasteiger partial charge in [-0.25, -0.2) is 10.1 Å². The maximum absolute atomic E-state index is 12.3. The SMILES string of the molecule is CC(C)(C)OC(=O)N1CC[N]C(C2NCCc3ccccc32)C1. The molecule has 2 aliphatic rings. The second-order valence-electron chi connectivity index (χ2n) is 7.28. The Morgan fingerprint density at radius 1 is 1.35 bits per heavy atom. The van der Waals surface area contributed by atoms with Crippen molar-refractivity contribution in [2.24, 2.45) is 0 Å². The first-order chi connectivity index (χ1) is 10.9. The zero-order valence-corrected chi connectivity index (χ0v) is 14.2. The predicted molar refractivity (Wildman–Crippen MR) is 89.5 cm³/mol. The summed E-state index contributed by atoms with van der Waals surface area (Å²) in [7, 11) is 0. The van der Waals surface area contributed by atoms with E-state index in [-0.39, 0.29) is 18.2 Å². The normalized spacial score (nSPS) is 24.9. The van der Waals surface area contributed by atoms with E-state index in [0.717, 1.165) is 13.0 Å². The molecule has 1 N–H and O–H groups in total. The van der Waals surface area contributed by atoms with Crippen LogP contribution in [0.2, 0.25) is 0 Å². The Bertz CT molecular complexity index is 568. The Morgan fingerprint density at radius 2 is 2.13 bits per heavy atom. The van der Waals surface area contributed by atoms with E-state index >= 15 is 0 Å². The molecule has 1 saturated heterocycles. The Kier molecular flexibility index (Phi) is 4.60.